The van der Waals surface area contributed by atoms with Crippen molar-refractivity contribution in [2.75, 3.05) is 23.4 Å². The fraction of sp³-hybridized carbons (Fsp3) is 0.462. The van der Waals surface area contributed by atoms with Gasteiger partial charge in [-0.15, -0.1) is 0 Å². The van der Waals surface area contributed by atoms with E-state index in [1.54, 1.807) is 4.90 Å². The number of aliphatic hydroxyl groups is 2. The van der Waals surface area contributed by atoms with E-state index in [0.717, 1.165) is 0 Å². The summed E-state index contributed by atoms with van der Waals surface area (Å²) in [6, 6.07) is 2.66. The number of amides is 1. The summed E-state index contributed by atoms with van der Waals surface area (Å²) in [6.07, 6.45) is -1.32. The molecule has 0 aromatic heterocycles. The number of nitrogens with one attached hydrogen (secondary N) is 1. The van der Waals surface area contributed by atoms with E-state index in [9.17, 15) is 14.3 Å². The molecule has 104 valence electrons. The maximum absolute atomic E-state index is 14.1. The van der Waals surface area contributed by atoms with Crippen molar-refractivity contribution in [2.24, 2.45) is 0 Å². The molecule has 0 fully saturated rings. The van der Waals surface area contributed by atoms with Crippen LogP contribution in [-0.4, -0.2) is 35.3 Å². The minimum absolute atomic E-state index is 0.00160. The van der Waals surface area contributed by atoms with Gasteiger partial charge in [-0.2, -0.15) is 0 Å². The average Bonchev–Trinajstić information content (AvgIpc) is 2.62. The third-order valence-corrected chi connectivity index (χ3v) is 3.19. The van der Waals surface area contributed by atoms with Gasteiger partial charge in [0.15, 0.2) is 6.10 Å². The third-order valence-electron chi connectivity index (χ3n) is 3.19. The van der Waals surface area contributed by atoms with Crippen molar-refractivity contribution >= 4 is 17.3 Å². The third kappa shape index (κ3) is 2.41. The van der Waals surface area contributed by atoms with Crippen molar-refractivity contribution in [1.82, 2.24) is 0 Å². The molecule has 1 amide bonds. The van der Waals surface area contributed by atoms with Crippen molar-refractivity contribution in [1.29, 1.82) is 0 Å². The molecule has 1 heterocycles. The minimum atomic E-state index is -1.32. The van der Waals surface area contributed by atoms with Crippen LogP contribution in [0.5, 0.6) is 0 Å². The predicted octanol–water partition coefficient (Wildman–Crippen LogP) is 1.02. The number of carbonyl (C=O) groups excluding carboxylic acids is 1. The molecule has 0 spiro atoms. The Bertz CT molecular complexity index is 505. The van der Waals surface area contributed by atoms with Crippen LogP contribution < -0.4 is 10.2 Å². The number of aliphatic hydroxyl groups excluding tert-OH is 2. The van der Waals surface area contributed by atoms with Crippen LogP contribution in [0.3, 0.4) is 0 Å². The molecule has 19 heavy (non-hydrogen) atoms. The molecule has 0 bridgehead atoms. The Morgan fingerprint density at radius 3 is 2.74 bits per heavy atom. The maximum atomic E-state index is 14.1. The number of halogens is 1. The maximum Gasteiger partial charge on any atom is 0.257 e. The molecule has 1 aliphatic heterocycles. The van der Waals surface area contributed by atoms with Gasteiger partial charge < -0.3 is 20.4 Å². The van der Waals surface area contributed by atoms with Crippen molar-refractivity contribution in [3.8, 4) is 0 Å². The molecule has 2 rings (SSSR count). The molecule has 1 unspecified atom stereocenters. The van der Waals surface area contributed by atoms with Gasteiger partial charge in [-0.3, -0.25) is 4.79 Å². The summed E-state index contributed by atoms with van der Waals surface area (Å²) in [5, 5.41) is 21.1. The van der Waals surface area contributed by atoms with E-state index in [-0.39, 0.29) is 18.2 Å². The van der Waals surface area contributed by atoms with Crippen molar-refractivity contribution in [2.45, 2.75) is 26.0 Å². The molecule has 5 nitrogen and oxygen atoms in total. The van der Waals surface area contributed by atoms with Gasteiger partial charge in [-0.05, 0) is 26.0 Å². The van der Waals surface area contributed by atoms with Crippen LogP contribution in [0.15, 0.2) is 12.1 Å². The van der Waals surface area contributed by atoms with Crippen molar-refractivity contribution in [3.63, 3.8) is 0 Å². The van der Waals surface area contributed by atoms with E-state index in [0.29, 0.717) is 17.9 Å². The van der Waals surface area contributed by atoms with E-state index in [4.69, 9.17) is 5.11 Å². The largest absolute Gasteiger partial charge is 0.395 e. The van der Waals surface area contributed by atoms with E-state index in [2.05, 4.69) is 5.32 Å². The first kappa shape index (κ1) is 13.8. The zero-order valence-corrected chi connectivity index (χ0v) is 10.9. The lowest BCUT2D eigenvalue weighted by Crippen LogP contribution is -2.34. The standard InChI is InChI=1S/C13H17FN2O3/c1-7(2)16(3-4-17)11-6-10-8(5-9(11)14)12(18)13(19)15-10/h5-7,12,17-18H,3-4H2,1-2H3,(H,15,19). The first-order valence-corrected chi connectivity index (χ1v) is 6.15. The van der Waals surface area contributed by atoms with E-state index in [1.165, 1.54) is 12.1 Å². The second-order valence-corrected chi connectivity index (χ2v) is 4.79. The fourth-order valence-corrected chi connectivity index (χ4v) is 2.24. The molecule has 1 aromatic rings. The predicted molar refractivity (Wildman–Crippen MR) is 69.6 cm³/mol. The highest BCUT2D eigenvalue weighted by atomic mass is 19.1. The Morgan fingerprint density at radius 2 is 2.16 bits per heavy atom. The summed E-state index contributed by atoms with van der Waals surface area (Å²) in [4.78, 5) is 13.0. The summed E-state index contributed by atoms with van der Waals surface area (Å²) >= 11 is 0. The number of nitrogens with zero attached hydrogens (tertiary/aromatic N) is 1. The molecule has 1 atom stereocenters. The van der Waals surface area contributed by atoms with Gasteiger partial charge in [0, 0.05) is 23.8 Å². The molecule has 0 saturated heterocycles. The number of fused-ring (bicyclic) bond motifs is 1. The van der Waals surface area contributed by atoms with E-state index < -0.39 is 17.8 Å². The highest BCUT2D eigenvalue weighted by molar-refractivity contribution is 6.02. The van der Waals surface area contributed by atoms with Gasteiger partial charge in [-0.25, -0.2) is 4.39 Å². The highest BCUT2D eigenvalue weighted by Crippen LogP contribution is 2.36. The quantitative estimate of drug-likeness (QED) is 0.762. The molecule has 3 N–H and O–H groups in total. The van der Waals surface area contributed by atoms with Crippen LogP contribution in [0.4, 0.5) is 15.8 Å². The van der Waals surface area contributed by atoms with Crippen molar-refractivity contribution in [3.05, 3.63) is 23.5 Å². The van der Waals surface area contributed by atoms with Crippen LogP contribution >= 0.6 is 0 Å². The molecule has 6 heteroatoms. The first-order chi connectivity index (χ1) is 8.95. The lowest BCUT2D eigenvalue weighted by atomic mass is 10.1. The number of hydrogen-bond donors (Lipinski definition) is 3. The molecule has 0 radical (unpaired) electrons. The number of rotatable bonds is 4. The monoisotopic (exact) mass is 268 g/mol. The van der Waals surface area contributed by atoms with Crippen LogP contribution in [0, 0.1) is 5.82 Å². The Kier molecular flexibility index (Phi) is 3.73. The van der Waals surface area contributed by atoms with Crippen LogP contribution in [0.2, 0.25) is 0 Å². The Balaban J connectivity index is 2.43. The summed E-state index contributed by atoms with van der Waals surface area (Å²) in [5.74, 6) is -1.07. The number of hydrogen-bond acceptors (Lipinski definition) is 4. The summed E-state index contributed by atoms with van der Waals surface area (Å²) in [6.45, 7) is 3.97. The topological polar surface area (TPSA) is 72.8 Å². The molecular weight excluding hydrogens is 251 g/mol. The van der Waals surface area contributed by atoms with Gasteiger partial charge in [-0.1, -0.05) is 0 Å². The SMILES string of the molecule is CC(C)N(CCO)c1cc2c(cc1F)C(O)C(=O)N2. The molecule has 0 aliphatic carbocycles. The van der Waals surface area contributed by atoms with Gasteiger partial charge in [0.25, 0.3) is 5.91 Å². The van der Waals surface area contributed by atoms with E-state index in [1.807, 2.05) is 13.8 Å². The smallest absolute Gasteiger partial charge is 0.257 e. The first-order valence-electron chi connectivity index (χ1n) is 6.15. The summed E-state index contributed by atoms with van der Waals surface area (Å²) < 4.78 is 14.1. The Hall–Kier alpha value is -1.66. The number of carbonyl (C=O) groups is 1. The second kappa shape index (κ2) is 5.14. The Morgan fingerprint density at radius 1 is 1.47 bits per heavy atom. The zero-order chi connectivity index (χ0) is 14.2. The van der Waals surface area contributed by atoms with Crippen LogP contribution in [0.1, 0.15) is 25.5 Å². The van der Waals surface area contributed by atoms with Crippen LogP contribution in [0.25, 0.3) is 0 Å². The zero-order valence-electron chi connectivity index (χ0n) is 10.9. The average molecular weight is 268 g/mol. The molecule has 1 aliphatic rings. The fourth-order valence-electron chi connectivity index (χ4n) is 2.24. The second-order valence-electron chi connectivity index (χ2n) is 4.79. The Labute approximate surface area is 110 Å². The van der Waals surface area contributed by atoms with Gasteiger partial charge >= 0.3 is 0 Å². The highest BCUT2D eigenvalue weighted by Gasteiger charge is 2.30. The van der Waals surface area contributed by atoms with Gasteiger partial charge in [0.1, 0.15) is 5.82 Å². The molecule has 0 saturated carbocycles. The van der Waals surface area contributed by atoms with E-state index >= 15 is 0 Å². The molecule has 1 aromatic carbocycles. The normalized spacial score (nSPS) is 17.6. The summed E-state index contributed by atoms with van der Waals surface area (Å²) in [5.41, 5.74) is 0.966. The summed E-state index contributed by atoms with van der Waals surface area (Å²) in [7, 11) is 0. The lowest BCUT2D eigenvalue weighted by molar-refractivity contribution is -0.123. The van der Waals surface area contributed by atoms with Crippen LogP contribution in [-0.2, 0) is 4.79 Å². The van der Waals surface area contributed by atoms with Crippen molar-refractivity contribution < 1.29 is 19.4 Å². The number of benzene rings is 1. The number of anilines is 2. The lowest BCUT2D eigenvalue weighted by Gasteiger charge is -2.29. The minimum Gasteiger partial charge on any atom is -0.395 e. The van der Waals surface area contributed by atoms with Gasteiger partial charge in [0.05, 0.1) is 12.3 Å². The van der Waals surface area contributed by atoms with Gasteiger partial charge in [0.2, 0.25) is 0 Å². The molecular formula is C13H17FN2O3.